The van der Waals surface area contributed by atoms with E-state index in [1.54, 1.807) is 26.0 Å². The Labute approximate surface area is 164 Å². The van der Waals surface area contributed by atoms with E-state index >= 15 is 0 Å². The monoisotopic (exact) mass is 411 g/mol. The molecule has 0 spiro atoms. The van der Waals surface area contributed by atoms with Crippen LogP contribution in [0.1, 0.15) is 25.0 Å². The lowest BCUT2D eigenvalue weighted by atomic mass is 9.86. The minimum Gasteiger partial charge on any atom is -0.478 e. The van der Waals surface area contributed by atoms with E-state index in [1.807, 2.05) is 0 Å². The van der Waals surface area contributed by atoms with Gasteiger partial charge in [0.25, 0.3) is 0 Å². The summed E-state index contributed by atoms with van der Waals surface area (Å²) in [5.74, 6) is -1.72. The van der Waals surface area contributed by atoms with Gasteiger partial charge in [-0.3, -0.25) is 0 Å². The maximum atomic E-state index is 13.6. The van der Waals surface area contributed by atoms with Crippen LogP contribution < -0.4 is 5.32 Å². The van der Waals surface area contributed by atoms with Crippen LogP contribution in [-0.2, 0) is 4.79 Å². The Morgan fingerprint density at radius 1 is 1.08 bits per heavy atom. The molecule has 0 unspecified atom stereocenters. The van der Waals surface area contributed by atoms with Crippen molar-refractivity contribution in [1.82, 2.24) is 0 Å². The van der Waals surface area contributed by atoms with Gasteiger partial charge in [-0.1, -0.05) is 46.4 Å². The minimum atomic E-state index is -1.13. The smallest absolute Gasteiger partial charge is 0.338 e. The molecule has 2 aromatic rings. The van der Waals surface area contributed by atoms with E-state index in [4.69, 9.17) is 34.8 Å². The summed E-state index contributed by atoms with van der Waals surface area (Å²) in [5, 5.41) is 13.6. The minimum absolute atomic E-state index is 0.0403. The summed E-state index contributed by atoms with van der Waals surface area (Å²) in [6.45, 7) is 3.57. The summed E-state index contributed by atoms with van der Waals surface area (Å²) in [4.78, 5) is 12.1. The van der Waals surface area contributed by atoms with Crippen molar-refractivity contribution in [2.45, 2.75) is 13.8 Å². The molecule has 0 aromatic heterocycles. The van der Waals surface area contributed by atoms with Crippen molar-refractivity contribution < 1.29 is 14.3 Å². The molecule has 0 fully saturated rings. The van der Waals surface area contributed by atoms with Crippen LogP contribution in [0.4, 0.5) is 10.1 Å². The first kappa shape index (κ1) is 18.8. The summed E-state index contributed by atoms with van der Waals surface area (Å²) in [6.07, 6.45) is 0. The Bertz CT molecular complexity index is 1010. The fraction of sp³-hybridized carbons (Fsp3) is 0.105. The van der Waals surface area contributed by atoms with Crippen LogP contribution in [0.15, 0.2) is 47.2 Å². The first-order valence-electron chi connectivity index (χ1n) is 7.58. The van der Waals surface area contributed by atoms with Crippen molar-refractivity contribution in [3.05, 3.63) is 79.2 Å². The highest BCUT2D eigenvalue weighted by Gasteiger charge is 2.30. The molecule has 3 rings (SSSR count). The third kappa shape index (κ3) is 3.20. The number of carboxylic acids is 1. The number of nitrogens with one attached hydrogen (secondary N) is 1. The molecule has 0 aliphatic carbocycles. The highest BCUT2D eigenvalue weighted by Crippen LogP contribution is 2.45. The van der Waals surface area contributed by atoms with E-state index in [1.165, 1.54) is 18.2 Å². The largest absolute Gasteiger partial charge is 0.478 e. The molecule has 0 atom stereocenters. The number of aliphatic carboxylic acids is 1. The molecule has 7 heteroatoms. The summed E-state index contributed by atoms with van der Waals surface area (Å²) in [7, 11) is 0. The van der Waals surface area contributed by atoms with Crippen molar-refractivity contribution in [3.63, 3.8) is 0 Å². The van der Waals surface area contributed by atoms with Crippen molar-refractivity contribution in [2.75, 3.05) is 5.32 Å². The molecule has 2 aromatic carbocycles. The van der Waals surface area contributed by atoms with Gasteiger partial charge in [0, 0.05) is 16.2 Å². The van der Waals surface area contributed by atoms with Gasteiger partial charge in [0.1, 0.15) is 5.82 Å². The predicted octanol–water partition coefficient (Wildman–Crippen LogP) is 6.39. The van der Waals surface area contributed by atoms with Crippen LogP contribution in [0, 0.1) is 5.82 Å². The zero-order valence-electron chi connectivity index (χ0n) is 13.8. The lowest BCUT2D eigenvalue weighted by Gasteiger charge is -2.28. The van der Waals surface area contributed by atoms with Gasteiger partial charge in [-0.25, -0.2) is 9.18 Å². The van der Waals surface area contributed by atoms with Crippen LogP contribution >= 0.6 is 34.8 Å². The number of hydrogen-bond donors (Lipinski definition) is 2. The van der Waals surface area contributed by atoms with Gasteiger partial charge in [0.2, 0.25) is 0 Å². The van der Waals surface area contributed by atoms with E-state index in [2.05, 4.69) is 5.32 Å². The number of carbonyl (C=O) groups is 1. The summed E-state index contributed by atoms with van der Waals surface area (Å²) >= 11 is 18.4. The third-order valence-corrected chi connectivity index (χ3v) is 4.80. The first-order valence-corrected chi connectivity index (χ1v) is 8.71. The summed E-state index contributed by atoms with van der Waals surface area (Å²) in [6, 6.07) is 7.25. The number of allylic oxidation sites excluding steroid dienone is 1. The molecule has 1 heterocycles. The van der Waals surface area contributed by atoms with E-state index in [0.717, 1.165) is 5.57 Å². The molecular weight excluding hydrogens is 400 g/mol. The van der Waals surface area contributed by atoms with Crippen LogP contribution in [0.2, 0.25) is 15.1 Å². The molecule has 2 N–H and O–H groups in total. The second kappa shape index (κ2) is 6.95. The highest BCUT2D eigenvalue weighted by atomic mass is 35.5. The molecule has 0 bridgehead atoms. The molecule has 1 aliphatic heterocycles. The maximum Gasteiger partial charge on any atom is 0.338 e. The number of halogens is 4. The molecule has 0 amide bonds. The van der Waals surface area contributed by atoms with Crippen LogP contribution in [0.3, 0.4) is 0 Å². The molecule has 0 radical (unpaired) electrons. The molecule has 26 heavy (non-hydrogen) atoms. The number of hydrogen-bond acceptors (Lipinski definition) is 2. The zero-order chi connectivity index (χ0) is 19.2. The second-order valence-electron chi connectivity index (χ2n) is 5.99. The average molecular weight is 413 g/mol. The van der Waals surface area contributed by atoms with Crippen LogP contribution in [0.25, 0.3) is 5.57 Å². The van der Waals surface area contributed by atoms with Crippen molar-refractivity contribution in [3.8, 4) is 0 Å². The fourth-order valence-electron chi connectivity index (χ4n) is 2.89. The number of anilines is 1. The Morgan fingerprint density at radius 2 is 1.77 bits per heavy atom. The molecule has 0 saturated carbocycles. The van der Waals surface area contributed by atoms with Crippen LogP contribution in [0.5, 0.6) is 0 Å². The van der Waals surface area contributed by atoms with Gasteiger partial charge < -0.3 is 10.4 Å². The normalized spacial score (nSPS) is 13.4. The Hall–Kier alpha value is -2.01. The SMILES string of the molecule is CC(C)=C1Nc2c(Cl)cc(Cl)cc2C(c2ccc(F)c(Cl)c2)=C1C(=O)O. The highest BCUT2D eigenvalue weighted by molar-refractivity contribution is 6.37. The predicted molar refractivity (Wildman–Crippen MR) is 104 cm³/mol. The molecule has 0 saturated heterocycles. The van der Waals surface area contributed by atoms with Gasteiger partial charge in [0.05, 0.1) is 27.0 Å². The van der Waals surface area contributed by atoms with E-state index in [-0.39, 0.29) is 10.6 Å². The Kier molecular flexibility index (Phi) is 5.02. The molecule has 1 aliphatic rings. The fourth-order valence-corrected chi connectivity index (χ4v) is 3.61. The lowest BCUT2D eigenvalue weighted by Crippen LogP contribution is -2.20. The Morgan fingerprint density at radius 3 is 2.35 bits per heavy atom. The lowest BCUT2D eigenvalue weighted by molar-refractivity contribution is -0.132. The molecular formula is C19H13Cl3FNO2. The number of fused-ring (bicyclic) bond motifs is 1. The Balaban J connectivity index is 2.47. The van der Waals surface area contributed by atoms with E-state index in [0.29, 0.717) is 38.1 Å². The van der Waals surface area contributed by atoms with Crippen molar-refractivity contribution in [1.29, 1.82) is 0 Å². The van der Waals surface area contributed by atoms with E-state index < -0.39 is 11.8 Å². The number of carboxylic acid groups (broad SMARTS) is 1. The standard InChI is InChI=1S/C19H13Cl3FNO2/c1-8(2)17-16(19(25)26)15(9-3-4-14(23)12(21)5-9)11-6-10(20)7-13(22)18(11)24-17/h3-7,24H,1-2H3,(H,25,26). The molecule has 3 nitrogen and oxygen atoms in total. The zero-order valence-corrected chi connectivity index (χ0v) is 16.0. The summed E-state index contributed by atoms with van der Waals surface area (Å²) < 4.78 is 13.6. The summed E-state index contributed by atoms with van der Waals surface area (Å²) in [5.41, 5.74) is 3.08. The van der Waals surface area contributed by atoms with Gasteiger partial charge in [-0.15, -0.1) is 0 Å². The third-order valence-electron chi connectivity index (χ3n) is 4.00. The van der Waals surface area contributed by atoms with Crippen molar-refractivity contribution in [2.24, 2.45) is 0 Å². The van der Waals surface area contributed by atoms with Crippen molar-refractivity contribution >= 4 is 52.0 Å². The van der Waals surface area contributed by atoms with E-state index in [9.17, 15) is 14.3 Å². The topological polar surface area (TPSA) is 49.3 Å². The average Bonchev–Trinajstić information content (AvgIpc) is 2.55. The maximum absolute atomic E-state index is 13.6. The molecule has 134 valence electrons. The van der Waals surface area contributed by atoms with Crippen LogP contribution in [-0.4, -0.2) is 11.1 Å². The number of rotatable bonds is 2. The van der Waals surface area contributed by atoms with Gasteiger partial charge in [0.15, 0.2) is 0 Å². The second-order valence-corrected chi connectivity index (χ2v) is 7.25. The van der Waals surface area contributed by atoms with Gasteiger partial charge in [-0.05, 0) is 43.7 Å². The quantitative estimate of drug-likeness (QED) is 0.600. The first-order chi connectivity index (χ1) is 12.2. The number of benzene rings is 2. The van der Waals surface area contributed by atoms with Gasteiger partial charge >= 0.3 is 5.97 Å². The van der Waals surface area contributed by atoms with Gasteiger partial charge in [-0.2, -0.15) is 0 Å².